The Bertz CT molecular complexity index is 1010. The Hall–Kier alpha value is -3.18. The van der Waals surface area contributed by atoms with Crippen LogP contribution in [-0.4, -0.2) is 18.9 Å². The van der Waals surface area contributed by atoms with Gasteiger partial charge in [0.1, 0.15) is 11.5 Å². The molecule has 3 aromatic rings. The number of para-hydroxylation sites is 1. The molecule has 0 aromatic heterocycles. The van der Waals surface area contributed by atoms with Crippen molar-refractivity contribution in [2.24, 2.45) is 0 Å². The van der Waals surface area contributed by atoms with Gasteiger partial charge in [-0.05, 0) is 66.7 Å². The highest BCUT2D eigenvalue weighted by Crippen LogP contribution is 2.22. The monoisotopic (exact) mass is 436 g/mol. The van der Waals surface area contributed by atoms with Gasteiger partial charge in [-0.15, -0.1) is 0 Å². The summed E-state index contributed by atoms with van der Waals surface area (Å²) in [6, 6.07) is 20.8. The minimum Gasteiger partial charge on any atom is -0.497 e. The van der Waals surface area contributed by atoms with Crippen LogP contribution in [0.15, 0.2) is 83.3 Å². The highest BCUT2D eigenvalue weighted by atomic mass is 79.9. The van der Waals surface area contributed by atoms with Crippen LogP contribution >= 0.6 is 15.9 Å². The van der Waals surface area contributed by atoms with Gasteiger partial charge in [0.25, 0.3) is 0 Å². The third-order valence-corrected chi connectivity index (χ3v) is 4.52. The Kier molecular flexibility index (Phi) is 6.40. The Morgan fingerprint density at radius 1 is 0.857 bits per heavy atom. The lowest BCUT2D eigenvalue weighted by Gasteiger charge is -2.07. The van der Waals surface area contributed by atoms with Gasteiger partial charge in [0.2, 0.25) is 0 Å². The van der Waals surface area contributed by atoms with Crippen molar-refractivity contribution in [1.82, 2.24) is 0 Å². The number of carbonyl (C=O) groups excluding carboxylic acids is 2. The molecule has 5 heteroatoms. The number of hydrogen-bond acceptors (Lipinski definition) is 4. The van der Waals surface area contributed by atoms with Gasteiger partial charge in [-0.2, -0.15) is 0 Å². The molecule has 0 bridgehead atoms. The van der Waals surface area contributed by atoms with Crippen molar-refractivity contribution < 1.29 is 19.1 Å². The predicted molar refractivity (Wildman–Crippen MR) is 112 cm³/mol. The molecule has 0 saturated heterocycles. The van der Waals surface area contributed by atoms with Crippen molar-refractivity contribution in [3.63, 3.8) is 0 Å². The van der Waals surface area contributed by atoms with Crippen LogP contribution in [0.4, 0.5) is 0 Å². The van der Waals surface area contributed by atoms with Gasteiger partial charge in [-0.25, -0.2) is 4.79 Å². The molecule has 4 nitrogen and oxygen atoms in total. The molecule has 0 aliphatic rings. The molecular weight excluding hydrogens is 420 g/mol. The van der Waals surface area contributed by atoms with E-state index in [1.807, 2.05) is 6.07 Å². The fourth-order valence-electron chi connectivity index (χ4n) is 2.47. The summed E-state index contributed by atoms with van der Waals surface area (Å²) in [4.78, 5) is 24.7. The second-order valence-corrected chi connectivity index (χ2v) is 6.78. The van der Waals surface area contributed by atoms with Crippen LogP contribution in [0, 0.1) is 0 Å². The maximum absolute atomic E-state index is 12.4. The lowest BCUT2D eigenvalue weighted by molar-refractivity contribution is 0.0734. The number of ether oxygens (including phenoxy) is 2. The van der Waals surface area contributed by atoms with Crippen LogP contribution in [0.25, 0.3) is 6.08 Å². The number of methoxy groups -OCH3 is 1. The SMILES string of the molecule is COc1ccc(C(=O)C=Cc2ccccc2OC(=O)c2ccc(Br)cc2)cc1. The smallest absolute Gasteiger partial charge is 0.343 e. The van der Waals surface area contributed by atoms with Gasteiger partial charge in [0.15, 0.2) is 5.78 Å². The summed E-state index contributed by atoms with van der Waals surface area (Å²) in [6.45, 7) is 0. The maximum atomic E-state index is 12.4. The molecule has 3 aromatic carbocycles. The predicted octanol–water partition coefficient (Wildman–Crippen LogP) is 5.57. The van der Waals surface area contributed by atoms with Crippen molar-refractivity contribution in [1.29, 1.82) is 0 Å². The molecule has 3 rings (SSSR count). The third kappa shape index (κ3) is 4.96. The van der Waals surface area contributed by atoms with Gasteiger partial charge in [0.05, 0.1) is 12.7 Å². The van der Waals surface area contributed by atoms with Gasteiger partial charge < -0.3 is 9.47 Å². The summed E-state index contributed by atoms with van der Waals surface area (Å²) in [5, 5.41) is 0. The molecule has 0 atom stereocenters. The number of halogens is 1. The molecule has 0 N–H and O–H groups in total. The second kappa shape index (κ2) is 9.15. The van der Waals surface area contributed by atoms with E-state index in [2.05, 4.69) is 15.9 Å². The Morgan fingerprint density at radius 2 is 1.50 bits per heavy atom. The van der Waals surface area contributed by atoms with Crippen LogP contribution in [0.3, 0.4) is 0 Å². The number of ketones is 1. The van der Waals surface area contributed by atoms with E-state index in [0.717, 1.165) is 4.47 Å². The number of allylic oxidation sites excluding steroid dienone is 1. The molecule has 0 spiro atoms. The molecule has 0 unspecified atom stereocenters. The fourth-order valence-corrected chi connectivity index (χ4v) is 2.74. The van der Waals surface area contributed by atoms with Gasteiger partial charge in [0, 0.05) is 15.6 Å². The summed E-state index contributed by atoms with van der Waals surface area (Å²) in [5.74, 6) is 0.450. The van der Waals surface area contributed by atoms with E-state index in [1.165, 1.54) is 6.08 Å². The lowest BCUT2D eigenvalue weighted by Crippen LogP contribution is -2.09. The zero-order valence-corrected chi connectivity index (χ0v) is 16.7. The molecule has 0 amide bonds. The first kappa shape index (κ1) is 19.6. The molecule has 0 aliphatic heterocycles. The van der Waals surface area contributed by atoms with Gasteiger partial charge in [-0.1, -0.05) is 34.1 Å². The van der Waals surface area contributed by atoms with Gasteiger partial charge in [-0.3, -0.25) is 4.79 Å². The first-order valence-corrected chi connectivity index (χ1v) is 9.29. The van der Waals surface area contributed by atoms with Crippen molar-refractivity contribution in [2.75, 3.05) is 7.11 Å². The topological polar surface area (TPSA) is 52.6 Å². The van der Waals surface area contributed by atoms with Crippen LogP contribution in [-0.2, 0) is 0 Å². The summed E-state index contributed by atoms with van der Waals surface area (Å²) >= 11 is 3.33. The molecule has 0 saturated carbocycles. The van der Waals surface area contributed by atoms with Crippen LogP contribution < -0.4 is 9.47 Å². The number of esters is 1. The van der Waals surface area contributed by atoms with E-state index in [1.54, 1.807) is 79.9 Å². The minimum atomic E-state index is -0.463. The third-order valence-electron chi connectivity index (χ3n) is 3.99. The lowest BCUT2D eigenvalue weighted by atomic mass is 10.1. The Morgan fingerprint density at radius 3 is 2.18 bits per heavy atom. The van der Waals surface area contributed by atoms with E-state index in [0.29, 0.717) is 28.2 Å². The van der Waals surface area contributed by atoms with Crippen molar-refractivity contribution in [3.05, 3.63) is 100 Å². The molecule has 0 heterocycles. The molecule has 0 fully saturated rings. The van der Waals surface area contributed by atoms with E-state index in [-0.39, 0.29) is 5.78 Å². The van der Waals surface area contributed by atoms with Crippen molar-refractivity contribution in [3.8, 4) is 11.5 Å². The molecule has 0 radical (unpaired) electrons. The number of benzene rings is 3. The quantitative estimate of drug-likeness (QED) is 0.219. The number of rotatable bonds is 6. The summed E-state index contributed by atoms with van der Waals surface area (Å²) in [6.07, 6.45) is 3.09. The molecule has 0 aliphatic carbocycles. The van der Waals surface area contributed by atoms with Crippen molar-refractivity contribution >= 4 is 33.8 Å². The molecule has 28 heavy (non-hydrogen) atoms. The van der Waals surface area contributed by atoms with E-state index in [4.69, 9.17) is 9.47 Å². The van der Waals surface area contributed by atoms with Crippen molar-refractivity contribution in [2.45, 2.75) is 0 Å². The first-order chi connectivity index (χ1) is 13.6. The van der Waals surface area contributed by atoms with Gasteiger partial charge >= 0.3 is 5.97 Å². The summed E-state index contributed by atoms with van der Waals surface area (Å²) in [7, 11) is 1.57. The van der Waals surface area contributed by atoms with E-state index < -0.39 is 5.97 Å². The zero-order chi connectivity index (χ0) is 19.9. The number of hydrogen-bond donors (Lipinski definition) is 0. The first-order valence-electron chi connectivity index (χ1n) is 8.50. The second-order valence-electron chi connectivity index (χ2n) is 5.86. The Labute approximate surface area is 171 Å². The largest absolute Gasteiger partial charge is 0.497 e. The maximum Gasteiger partial charge on any atom is 0.343 e. The number of carbonyl (C=O) groups is 2. The standard InChI is InChI=1S/C23H17BrO4/c1-27-20-13-8-16(9-14-20)21(25)15-10-17-4-2-3-5-22(17)28-23(26)18-6-11-19(24)12-7-18/h2-15H,1H3. The molecular formula is C23H17BrO4. The average molecular weight is 437 g/mol. The summed E-state index contributed by atoms with van der Waals surface area (Å²) in [5.41, 5.74) is 1.62. The minimum absolute atomic E-state index is 0.156. The highest BCUT2D eigenvalue weighted by Gasteiger charge is 2.11. The molecule has 140 valence electrons. The fraction of sp³-hybridized carbons (Fsp3) is 0.0435. The zero-order valence-electron chi connectivity index (χ0n) is 15.1. The van der Waals surface area contributed by atoms with Crippen LogP contribution in [0.1, 0.15) is 26.3 Å². The van der Waals surface area contributed by atoms with Crippen LogP contribution in [0.5, 0.6) is 11.5 Å². The average Bonchev–Trinajstić information content (AvgIpc) is 2.73. The van der Waals surface area contributed by atoms with E-state index in [9.17, 15) is 9.59 Å². The highest BCUT2D eigenvalue weighted by molar-refractivity contribution is 9.10. The normalized spacial score (nSPS) is 10.6. The van der Waals surface area contributed by atoms with E-state index >= 15 is 0 Å². The van der Waals surface area contributed by atoms with Crippen LogP contribution in [0.2, 0.25) is 0 Å². The summed E-state index contributed by atoms with van der Waals surface area (Å²) < 4.78 is 11.5. The Balaban J connectivity index is 1.75.